The Kier molecular flexibility index (Phi) is 7.85. The van der Waals surface area contributed by atoms with E-state index in [-0.39, 0.29) is 12.5 Å². The highest BCUT2D eigenvalue weighted by Gasteiger charge is 2.07. The smallest absolute Gasteiger partial charge is 0.220 e. The fourth-order valence-electron chi connectivity index (χ4n) is 2.46. The first-order valence-electron chi connectivity index (χ1n) is 8.36. The minimum atomic E-state index is 0.0147. The molecule has 5 heteroatoms. The lowest BCUT2D eigenvalue weighted by atomic mass is 10.1. The number of ether oxygens (including phenoxy) is 2. The zero-order valence-electron chi connectivity index (χ0n) is 14.8. The van der Waals surface area contributed by atoms with Gasteiger partial charge in [-0.05, 0) is 48.2 Å². The molecule has 0 aliphatic heterocycles. The number of benzene rings is 2. The Labute approximate surface area is 159 Å². The predicted molar refractivity (Wildman–Crippen MR) is 104 cm³/mol. The van der Waals surface area contributed by atoms with Gasteiger partial charge in [-0.1, -0.05) is 35.7 Å². The van der Waals surface area contributed by atoms with Gasteiger partial charge in [-0.2, -0.15) is 0 Å². The summed E-state index contributed by atoms with van der Waals surface area (Å²) in [6.07, 6.45) is 7.32. The van der Waals surface area contributed by atoms with Crippen LogP contribution in [0.3, 0.4) is 0 Å². The molecule has 26 heavy (non-hydrogen) atoms. The number of carbonyl (C=O) groups excluding carboxylic acids is 1. The maximum atomic E-state index is 12.0. The Morgan fingerprint density at radius 1 is 1.15 bits per heavy atom. The first kappa shape index (κ1) is 19.7. The van der Waals surface area contributed by atoms with Crippen LogP contribution in [0.15, 0.2) is 42.5 Å². The van der Waals surface area contributed by atoms with E-state index in [1.807, 2.05) is 36.4 Å². The predicted octanol–water partition coefficient (Wildman–Crippen LogP) is 4.00. The van der Waals surface area contributed by atoms with Crippen LogP contribution in [0.1, 0.15) is 24.0 Å². The molecule has 2 aromatic carbocycles. The summed E-state index contributed by atoms with van der Waals surface area (Å²) in [5.41, 5.74) is 2.09. The highest BCUT2D eigenvalue weighted by atomic mass is 35.5. The van der Waals surface area contributed by atoms with Gasteiger partial charge in [0.1, 0.15) is 6.61 Å². The van der Waals surface area contributed by atoms with E-state index in [4.69, 9.17) is 27.5 Å². The van der Waals surface area contributed by atoms with Crippen molar-refractivity contribution in [3.63, 3.8) is 0 Å². The number of rotatable bonds is 9. The van der Waals surface area contributed by atoms with E-state index in [1.54, 1.807) is 13.2 Å². The molecular formula is C21H22ClNO3. The molecule has 0 aliphatic carbocycles. The fourth-order valence-corrected chi connectivity index (χ4v) is 2.58. The molecule has 1 amide bonds. The molecular weight excluding hydrogens is 350 g/mol. The van der Waals surface area contributed by atoms with E-state index >= 15 is 0 Å². The second-order valence-corrected chi connectivity index (χ2v) is 6.17. The first-order chi connectivity index (χ1) is 12.6. The molecule has 0 bridgehead atoms. The van der Waals surface area contributed by atoms with E-state index in [1.165, 1.54) is 5.56 Å². The minimum absolute atomic E-state index is 0.0147. The van der Waals surface area contributed by atoms with Crippen molar-refractivity contribution in [2.24, 2.45) is 0 Å². The Bertz CT molecular complexity index is 766. The van der Waals surface area contributed by atoms with Crippen molar-refractivity contribution in [1.82, 2.24) is 5.32 Å². The van der Waals surface area contributed by atoms with Gasteiger partial charge in [0.15, 0.2) is 11.5 Å². The Hall–Kier alpha value is -2.64. The number of nitrogens with one attached hydrogen (secondary N) is 1. The van der Waals surface area contributed by atoms with Crippen molar-refractivity contribution >= 4 is 17.5 Å². The maximum Gasteiger partial charge on any atom is 0.220 e. The molecule has 0 saturated carbocycles. The molecule has 1 N–H and O–H groups in total. The third kappa shape index (κ3) is 6.34. The fraction of sp³-hybridized carbons (Fsp3) is 0.286. The molecule has 0 fully saturated rings. The Balaban J connectivity index is 1.79. The second-order valence-electron chi connectivity index (χ2n) is 5.73. The summed E-state index contributed by atoms with van der Waals surface area (Å²) in [7, 11) is 1.57. The average molecular weight is 372 g/mol. The van der Waals surface area contributed by atoms with Gasteiger partial charge < -0.3 is 14.8 Å². The quantitative estimate of drug-likeness (QED) is 0.678. The zero-order valence-corrected chi connectivity index (χ0v) is 15.5. The van der Waals surface area contributed by atoms with E-state index in [9.17, 15) is 4.79 Å². The van der Waals surface area contributed by atoms with Crippen LogP contribution in [-0.2, 0) is 17.8 Å². The van der Waals surface area contributed by atoms with Crippen LogP contribution < -0.4 is 14.8 Å². The van der Waals surface area contributed by atoms with Gasteiger partial charge in [0.25, 0.3) is 0 Å². The van der Waals surface area contributed by atoms with Crippen molar-refractivity contribution in [3.8, 4) is 23.8 Å². The van der Waals surface area contributed by atoms with E-state index in [0.717, 1.165) is 23.4 Å². The number of hydrogen-bond acceptors (Lipinski definition) is 3. The molecule has 136 valence electrons. The van der Waals surface area contributed by atoms with Gasteiger partial charge in [-0.3, -0.25) is 4.79 Å². The number of hydrogen-bond donors (Lipinski definition) is 1. The summed E-state index contributed by atoms with van der Waals surface area (Å²) in [4.78, 5) is 12.0. The summed E-state index contributed by atoms with van der Waals surface area (Å²) in [5.74, 6) is 3.62. The first-order valence-corrected chi connectivity index (χ1v) is 8.74. The number of terminal acetylenes is 1. The molecule has 0 saturated heterocycles. The topological polar surface area (TPSA) is 47.6 Å². The SMILES string of the molecule is C#CCOc1cc(CNC(=O)CCCc2ccc(Cl)cc2)ccc1OC. The van der Waals surface area contributed by atoms with Crippen LogP contribution in [0.4, 0.5) is 0 Å². The van der Waals surface area contributed by atoms with Gasteiger partial charge in [-0.25, -0.2) is 0 Å². The van der Waals surface area contributed by atoms with E-state index in [0.29, 0.717) is 24.5 Å². The summed E-state index contributed by atoms with van der Waals surface area (Å²) in [6.45, 7) is 0.590. The van der Waals surface area contributed by atoms with Crippen LogP contribution >= 0.6 is 11.6 Å². The standard InChI is InChI=1S/C21H22ClNO3/c1-3-13-26-20-14-17(9-12-19(20)25-2)15-23-21(24)6-4-5-16-7-10-18(22)11-8-16/h1,7-12,14H,4-6,13,15H2,2H3,(H,23,24). The third-order valence-electron chi connectivity index (χ3n) is 3.81. The molecule has 0 heterocycles. The lowest BCUT2D eigenvalue weighted by Crippen LogP contribution is -2.22. The lowest BCUT2D eigenvalue weighted by Gasteiger charge is -2.11. The molecule has 0 aliphatic rings. The van der Waals surface area contributed by atoms with Crippen molar-refractivity contribution in [2.75, 3.05) is 13.7 Å². The largest absolute Gasteiger partial charge is 0.493 e. The Morgan fingerprint density at radius 3 is 2.58 bits per heavy atom. The normalized spacial score (nSPS) is 10.0. The van der Waals surface area contributed by atoms with Gasteiger partial charge >= 0.3 is 0 Å². The minimum Gasteiger partial charge on any atom is -0.493 e. The highest BCUT2D eigenvalue weighted by molar-refractivity contribution is 6.30. The number of methoxy groups -OCH3 is 1. The number of halogens is 1. The number of aryl methyl sites for hydroxylation is 1. The van der Waals surface area contributed by atoms with Crippen molar-refractivity contribution in [3.05, 3.63) is 58.6 Å². The third-order valence-corrected chi connectivity index (χ3v) is 4.06. The number of amides is 1. The van der Waals surface area contributed by atoms with E-state index < -0.39 is 0 Å². The van der Waals surface area contributed by atoms with Gasteiger partial charge in [-0.15, -0.1) is 6.42 Å². The van der Waals surface area contributed by atoms with Crippen molar-refractivity contribution < 1.29 is 14.3 Å². The summed E-state index contributed by atoms with van der Waals surface area (Å²) in [5, 5.41) is 3.64. The van der Waals surface area contributed by atoms with E-state index in [2.05, 4.69) is 11.2 Å². The molecule has 0 atom stereocenters. The summed E-state index contributed by atoms with van der Waals surface area (Å²) in [6, 6.07) is 13.2. The molecule has 0 aromatic heterocycles. The van der Waals surface area contributed by atoms with Crippen LogP contribution in [-0.4, -0.2) is 19.6 Å². The number of carbonyl (C=O) groups is 1. The average Bonchev–Trinajstić information content (AvgIpc) is 2.66. The Morgan fingerprint density at radius 2 is 1.88 bits per heavy atom. The van der Waals surface area contributed by atoms with Crippen molar-refractivity contribution in [1.29, 1.82) is 0 Å². The molecule has 4 nitrogen and oxygen atoms in total. The van der Waals surface area contributed by atoms with Crippen LogP contribution in [0.5, 0.6) is 11.5 Å². The monoisotopic (exact) mass is 371 g/mol. The molecule has 2 aromatic rings. The van der Waals surface area contributed by atoms with Crippen LogP contribution in [0.2, 0.25) is 5.02 Å². The van der Waals surface area contributed by atoms with Gasteiger partial charge in [0.05, 0.1) is 7.11 Å². The van der Waals surface area contributed by atoms with Crippen LogP contribution in [0, 0.1) is 12.3 Å². The maximum absolute atomic E-state index is 12.0. The lowest BCUT2D eigenvalue weighted by molar-refractivity contribution is -0.121. The summed E-state index contributed by atoms with van der Waals surface area (Å²) >= 11 is 5.86. The molecule has 0 spiro atoms. The van der Waals surface area contributed by atoms with Crippen LogP contribution in [0.25, 0.3) is 0 Å². The highest BCUT2D eigenvalue weighted by Crippen LogP contribution is 2.28. The van der Waals surface area contributed by atoms with Gasteiger partial charge in [0, 0.05) is 18.0 Å². The molecule has 0 unspecified atom stereocenters. The second kappa shape index (κ2) is 10.4. The van der Waals surface area contributed by atoms with Crippen molar-refractivity contribution in [2.45, 2.75) is 25.8 Å². The molecule has 0 radical (unpaired) electrons. The summed E-state index contributed by atoms with van der Waals surface area (Å²) < 4.78 is 10.7. The molecule has 2 rings (SSSR count). The zero-order chi connectivity index (χ0) is 18.8. The van der Waals surface area contributed by atoms with Gasteiger partial charge in [0.2, 0.25) is 5.91 Å².